The summed E-state index contributed by atoms with van der Waals surface area (Å²) in [6, 6.07) is 9.89. The second-order valence-electron chi connectivity index (χ2n) is 7.31. The molecule has 0 aliphatic heterocycles. The van der Waals surface area contributed by atoms with Crippen molar-refractivity contribution in [1.82, 2.24) is 0 Å². The number of rotatable bonds is 13. The number of hydrogen-bond donors (Lipinski definition) is 0. The molecule has 0 spiro atoms. The second kappa shape index (κ2) is 12.2. The van der Waals surface area contributed by atoms with Crippen LogP contribution in [0.25, 0.3) is 0 Å². The molecule has 0 amide bonds. The van der Waals surface area contributed by atoms with Crippen LogP contribution in [0.15, 0.2) is 24.3 Å². The summed E-state index contributed by atoms with van der Waals surface area (Å²) in [5, 5.41) is 0. The molecule has 0 saturated carbocycles. The van der Waals surface area contributed by atoms with Crippen molar-refractivity contribution in [2.24, 2.45) is 0 Å². The van der Waals surface area contributed by atoms with E-state index in [0.29, 0.717) is 0 Å². The summed E-state index contributed by atoms with van der Waals surface area (Å²) in [5.41, 5.74) is 1.41. The Kier molecular flexibility index (Phi) is 11.1. The first kappa shape index (κ1) is 21.9. The molecule has 0 aromatic heterocycles. The Morgan fingerprint density at radius 3 is 1.42 bits per heavy atom. The minimum atomic E-state index is -2.22. The van der Waals surface area contributed by atoms with Crippen molar-refractivity contribution in [3.8, 4) is 0 Å². The SMILES string of the molecule is CCC[CH2][Sn]([CH2]CCC)([CH2]CCC)[c]1ccc(N(CC)CC)cc1. The molecule has 0 N–H and O–H groups in total. The molecule has 0 saturated heterocycles. The van der Waals surface area contributed by atoms with Gasteiger partial charge in [-0.1, -0.05) is 0 Å². The molecule has 1 rings (SSSR count). The van der Waals surface area contributed by atoms with Crippen molar-refractivity contribution >= 4 is 27.6 Å². The predicted octanol–water partition coefficient (Wildman–Crippen LogP) is 6.59. The van der Waals surface area contributed by atoms with E-state index < -0.39 is 18.4 Å². The van der Waals surface area contributed by atoms with Gasteiger partial charge in [-0.3, -0.25) is 0 Å². The Bertz CT molecular complexity index is 400. The van der Waals surface area contributed by atoms with Gasteiger partial charge in [0.25, 0.3) is 0 Å². The maximum atomic E-state index is 2.53. The molecule has 2 heteroatoms. The number of anilines is 1. The summed E-state index contributed by atoms with van der Waals surface area (Å²) >= 11 is -2.22. The Hall–Kier alpha value is -0.181. The fraction of sp³-hybridized carbons (Fsp3) is 0.727. The molecule has 1 aromatic rings. The monoisotopic (exact) mass is 439 g/mol. The molecule has 0 unspecified atom stereocenters. The quantitative estimate of drug-likeness (QED) is 0.314. The van der Waals surface area contributed by atoms with Crippen molar-refractivity contribution in [2.45, 2.75) is 86.5 Å². The van der Waals surface area contributed by atoms with Crippen LogP contribution in [-0.2, 0) is 0 Å². The summed E-state index contributed by atoms with van der Waals surface area (Å²) in [7, 11) is 0. The fourth-order valence-corrected chi connectivity index (χ4v) is 19.9. The molecule has 0 radical (unpaired) electrons. The molecular weight excluding hydrogens is 397 g/mol. The molecule has 1 nitrogen and oxygen atoms in total. The van der Waals surface area contributed by atoms with E-state index in [-0.39, 0.29) is 0 Å². The second-order valence-corrected chi connectivity index (χ2v) is 20.5. The van der Waals surface area contributed by atoms with Crippen LogP contribution in [0, 0.1) is 0 Å². The van der Waals surface area contributed by atoms with Crippen molar-refractivity contribution in [3.05, 3.63) is 24.3 Å². The van der Waals surface area contributed by atoms with E-state index >= 15 is 0 Å². The van der Waals surface area contributed by atoms with Crippen molar-refractivity contribution in [1.29, 1.82) is 0 Å². The van der Waals surface area contributed by atoms with Crippen LogP contribution in [0.2, 0.25) is 13.3 Å². The number of unbranched alkanes of at least 4 members (excludes halogenated alkanes) is 3. The zero-order valence-electron chi connectivity index (χ0n) is 17.0. The van der Waals surface area contributed by atoms with Gasteiger partial charge in [0, 0.05) is 0 Å². The van der Waals surface area contributed by atoms with Gasteiger partial charge in [-0.25, -0.2) is 0 Å². The van der Waals surface area contributed by atoms with Crippen LogP contribution in [0.1, 0.15) is 73.1 Å². The van der Waals surface area contributed by atoms with E-state index in [0.717, 1.165) is 13.1 Å². The minimum absolute atomic E-state index is 1.10. The van der Waals surface area contributed by atoms with E-state index in [1.807, 2.05) is 0 Å². The molecule has 24 heavy (non-hydrogen) atoms. The first-order valence-corrected chi connectivity index (χ1v) is 18.0. The van der Waals surface area contributed by atoms with Gasteiger partial charge in [-0.15, -0.1) is 0 Å². The van der Waals surface area contributed by atoms with E-state index in [1.165, 1.54) is 44.2 Å². The molecule has 0 aliphatic rings. The van der Waals surface area contributed by atoms with Crippen LogP contribution >= 0.6 is 0 Å². The first-order valence-electron chi connectivity index (χ1n) is 10.5. The summed E-state index contributed by atoms with van der Waals surface area (Å²) in [6.07, 6.45) is 8.40. The van der Waals surface area contributed by atoms with E-state index in [1.54, 1.807) is 16.9 Å². The van der Waals surface area contributed by atoms with Crippen LogP contribution in [-0.4, -0.2) is 31.5 Å². The van der Waals surface area contributed by atoms with Crippen LogP contribution in [0.4, 0.5) is 5.69 Å². The Morgan fingerprint density at radius 1 is 0.667 bits per heavy atom. The number of hydrogen-bond acceptors (Lipinski definition) is 1. The first-order chi connectivity index (χ1) is 11.7. The van der Waals surface area contributed by atoms with E-state index in [2.05, 4.69) is 63.8 Å². The molecule has 0 fully saturated rings. The summed E-state index contributed by atoms with van der Waals surface area (Å²) < 4.78 is 6.50. The summed E-state index contributed by atoms with van der Waals surface area (Å²) in [6.45, 7) is 13.8. The average Bonchev–Trinajstić information content (AvgIpc) is 2.63. The molecule has 0 bridgehead atoms. The van der Waals surface area contributed by atoms with Crippen LogP contribution in [0.5, 0.6) is 0 Å². The molecule has 1 aromatic carbocycles. The Morgan fingerprint density at radius 2 is 1.08 bits per heavy atom. The third-order valence-electron chi connectivity index (χ3n) is 5.63. The average molecular weight is 438 g/mol. The van der Waals surface area contributed by atoms with Gasteiger partial charge in [0.1, 0.15) is 0 Å². The predicted molar refractivity (Wildman–Crippen MR) is 115 cm³/mol. The Labute approximate surface area is 156 Å². The Balaban J connectivity index is 3.09. The number of nitrogens with zero attached hydrogens (tertiary/aromatic N) is 1. The zero-order valence-corrected chi connectivity index (χ0v) is 19.9. The molecule has 0 aliphatic carbocycles. The maximum absolute atomic E-state index is 2.53. The normalized spacial score (nSPS) is 11.7. The van der Waals surface area contributed by atoms with Gasteiger partial charge in [0.15, 0.2) is 0 Å². The zero-order chi connectivity index (χ0) is 17.8. The third kappa shape index (κ3) is 6.28. The van der Waals surface area contributed by atoms with E-state index in [9.17, 15) is 0 Å². The van der Waals surface area contributed by atoms with Gasteiger partial charge < -0.3 is 0 Å². The van der Waals surface area contributed by atoms with Gasteiger partial charge in [-0.05, 0) is 0 Å². The third-order valence-corrected chi connectivity index (χ3v) is 21.3. The van der Waals surface area contributed by atoms with Gasteiger partial charge in [0.2, 0.25) is 0 Å². The standard InChI is InChI=1S/C10H14N.3C4H9.Sn/c1-3-11(4-2)10-8-6-5-7-9-10;3*1-3-4-2;/h6-9H,3-4H2,1-2H3;3*1,3-4H2,2H3;. The molecule has 0 heterocycles. The van der Waals surface area contributed by atoms with Crippen molar-refractivity contribution in [3.63, 3.8) is 0 Å². The topological polar surface area (TPSA) is 3.24 Å². The fourth-order valence-electron chi connectivity index (χ4n) is 3.97. The van der Waals surface area contributed by atoms with Crippen LogP contribution in [0.3, 0.4) is 0 Å². The van der Waals surface area contributed by atoms with E-state index in [4.69, 9.17) is 0 Å². The van der Waals surface area contributed by atoms with Crippen molar-refractivity contribution < 1.29 is 0 Å². The van der Waals surface area contributed by atoms with Crippen LogP contribution < -0.4 is 8.48 Å². The van der Waals surface area contributed by atoms with Gasteiger partial charge in [0.05, 0.1) is 0 Å². The molecule has 138 valence electrons. The molecule has 0 atom stereocenters. The summed E-state index contributed by atoms with van der Waals surface area (Å²) in [4.78, 5) is 2.46. The van der Waals surface area contributed by atoms with Crippen molar-refractivity contribution in [2.75, 3.05) is 18.0 Å². The molecular formula is C22H41NSn. The van der Waals surface area contributed by atoms with Gasteiger partial charge >= 0.3 is 156 Å². The summed E-state index contributed by atoms with van der Waals surface area (Å²) in [5.74, 6) is 0. The van der Waals surface area contributed by atoms with Gasteiger partial charge in [-0.2, -0.15) is 0 Å². The number of benzene rings is 1.